The van der Waals surface area contributed by atoms with E-state index in [4.69, 9.17) is 4.74 Å². The van der Waals surface area contributed by atoms with Crippen LogP contribution in [0.5, 0.6) is 5.88 Å². The third-order valence-corrected chi connectivity index (χ3v) is 3.30. The number of fused-ring (bicyclic) bond motifs is 1. The lowest BCUT2D eigenvalue weighted by Crippen LogP contribution is -2.09. The van der Waals surface area contributed by atoms with Gasteiger partial charge in [-0.25, -0.2) is 15.0 Å². The molecule has 2 aromatic heterocycles. The van der Waals surface area contributed by atoms with Gasteiger partial charge >= 0.3 is 0 Å². The fourth-order valence-electron chi connectivity index (χ4n) is 1.77. The van der Waals surface area contributed by atoms with Crippen LogP contribution in [0.2, 0.25) is 0 Å². The number of aromatic nitrogens is 3. The second kappa shape index (κ2) is 4.93. The van der Waals surface area contributed by atoms with E-state index in [2.05, 4.69) is 15.0 Å². The molecule has 0 atom stereocenters. The van der Waals surface area contributed by atoms with Crippen molar-refractivity contribution in [3.05, 3.63) is 35.8 Å². The van der Waals surface area contributed by atoms with Crippen LogP contribution in [-0.4, -0.2) is 21.1 Å². The van der Waals surface area contributed by atoms with Crippen molar-refractivity contribution in [1.82, 2.24) is 15.0 Å². The molecule has 0 saturated heterocycles. The molecule has 1 aromatic carbocycles. The summed E-state index contributed by atoms with van der Waals surface area (Å²) in [6, 6.07) is 7.77. The van der Waals surface area contributed by atoms with Crippen LogP contribution < -0.4 is 4.74 Å². The molecule has 4 nitrogen and oxygen atoms in total. The maximum Gasteiger partial charge on any atom is 0.244 e. The number of nitrogens with zero attached hydrogens (tertiary/aromatic N) is 3. The van der Waals surface area contributed by atoms with Gasteiger partial charge in [-0.15, -0.1) is 11.3 Å². The van der Waals surface area contributed by atoms with E-state index in [1.54, 1.807) is 6.20 Å². The van der Waals surface area contributed by atoms with Gasteiger partial charge in [-0.2, -0.15) is 0 Å². The molecule has 96 valence electrons. The summed E-state index contributed by atoms with van der Waals surface area (Å²) in [5.41, 5.74) is 2.39. The van der Waals surface area contributed by atoms with Crippen LogP contribution in [0.4, 0.5) is 0 Å². The van der Waals surface area contributed by atoms with Crippen LogP contribution in [0.15, 0.2) is 35.8 Å². The molecule has 2 heterocycles. The summed E-state index contributed by atoms with van der Waals surface area (Å²) in [6.07, 6.45) is 1.81. The van der Waals surface area contributed by atoms with Gasteiger partial charge in [0.15, 0.2) is 5.69 Å². The number of benzene rings is 1. The van der Waals surface area contributed by atoms with Crippen molar-refractivity contribution >= 4 is 22.4 Å². The van der Waals surface area contributed by atoms with Crippen molar-refractivity contribution in [3.8, 4) is 16.6 Å². The van der Waals surface area contributed by atoms with Crippen molar-refractivity contribution in [3.63, 3.8) is 0 Å². The maximum atomic E-state index is 5.77. The van der Waals surface area contributed by atoms with E-state index in [0.29, 0.717) is 11.6 Å². The van der Waals surface area contributed by atoms with Gasteiger partial charge in [0.2, 0.25) is 5.88 Å². The van der Waals surface area contributed by atoms with Crippen LogP contribution in [-0.2, 0) is 0 Å². The van der Waals surface area contributed by atoms with E-state index in [-0.39, 0.29) is 6.10 Å². The molecule has 0 spiro atoms. The Bertz CT molecular complexity index is 695. The molecule has 0 N–H and O–H groups in total. The number of hydrogen-bond acceptors (Lipinski definition) is 5. The SMILES string of the molecule is CC(C)Oc1nc2ccccc2nc1-c1nccs1. The largest absolute Gasteiger partial charge is 0.473 e. The van der Waals surface area contributed by atoms with Crippen LogP contribution in [0.1, 0.15) is 13.8 Å². The molecular weight excluding hydrogens is 258 g/mol. The van der Waals surface area contributed by atoms with E-state index in [0.717, 1.165) is 16.0 Å². The number of rotatable bonds is 3. The Morgan fingerprint density at radius 3 is 2.47 bits per heavy atom. The average Bonchev–Trinajstić information content (AvgIpc) is 2.91. The first-order chi connectivity index (χ1) is 9.24. The van der Waals surface area contributed by atoms with Gasteiger partial charge in [-0.1, -0.05) is 12.1 Å². The Labute approximate surface area is 115 Å². The minimum atomic E-state index is 0.0502. The van der Waals surface area contributed by atoms with E-state index in [1.807, 2.05) is 43.5 Å². The zero-order valence-corrected chi connectivity index (χ0v) is 11.5. The maximum absolute atomic E-state index is 5.77. The minimum absolute atomic E-state index is 0.0502. The van der Waals surface area contributed by atoms with Gasteiger partial charge in [0, 0.05) is 11.6 Å². The molecule has 0 saturated carbocycles. The van der Waals surface area contributed by atoms with E-state index in [9.17, 15) is 0 Å². The molecular formula is C14H13N3OS. The normalized spacial score (nSPS) is 11.1. The lowest BCUT2D eigenvalue weighted by Gasteiger charge is -2.12. The predicted molar refractivity (Wildman–Crippen MR) is 76.4 cm³/mol. The molecule has 5 heteroatoms. The van der Waals surface area contributed by atoms with E-state index >= 15 is 0 Å². The quantitative estimate of drug-likeness (QED) is 0.731. The Morgan fingerprint density at radius 2 is 1.84 bits per heavy atom. The highest BCUT2D eigenvalue weighted by molar-refractivity contribution is 7.13. The van der Waals surface area contributed by atoms with Crippen LogP contribution in [0, 0.1) is 0 Å². The van der Waals surface area contributed by atoms with Gasteiger partial charge in [-0.3, -0.25) is 0 Å². The minimum Gasteiger partial charge on any atom is -0.473 e. The summed E-state index contributed by atoms with van der Waals surface area (Å²) in [7, 11) is 0. The van der Waals surface area contributed by atoms with Gasteiger partial charge in [0.25, 0.3) is 0 Å². The standard InChI is InChI=1S/C14H13N3OS/c1-9(2)18-13-12(14-15-7-8-19-14)16-10-5-3-4-6-11(10)17-13/h3-9H,1-2H3. The average molecular weight is 271 g/mol. The lowest BCUT2D eigenvalue weighted by atomic mass is 10.3. The summed E-state index contributed by atoms with van der Waals surface area (Å²) < 4.78 is 5.77. The summed E-state index contributed by atoms with van der Waals surface area (Å²) in [6.45, 7) is 3.95. The van der Waals surface area contributed by atoms with E-state index in [1.165, 1.54) is 11.3 Å². The molecule has 19 heavy (non-hydrogen) atoms. The molecule has 0 unspecified atom stereocenters. The smallest absolute Gasteiger partial charge is 0.244 e. The fourth-order valence-corrected chi connectivity index (χ4v) is 2.39. The first-order valence-corrected chi connectivity index (χ1v) is 6.95. The second-order valence-electron chi connectivity index (χ2n) is 4.37. The van der Waals surface area contributed by atoms with Crippen molar-refractivity contribution < 1.29 is 4.74 Å². The highest BCUT2D eigenvalue weighted by atomic mass is 32.1. The third-order valence-electron chi connectivity index (χ3n) is 2.52. The Kier molecular flexibility index (Phi) is 3.13. The molecule has 0 aliphatic carbocycles. The molecule has 0 bridgehead atoms. The third kappa shape index (κ3) is 2.42. The van der Waals surface area contributed by atoms with Crippen LogP contribution in [0.3, 0.4) is 0 Å². The fraction of sp³-hybridized carbons (Fsp3) is 0.214. The van der Waals surface area contributed by atoms with Crippen molar-refractivity contribution in [2.45, 2.75) is 20.0 Å². The molecule has 3 rings (SSSR count). The molecule has 0 aliphatic heterocycles. The summed E-state index contributed by atoms with van der Waals surface area (Å²) >= 11 is 1.53. The number of para-hydroxylation sites is 2. The highest BCUT2D eigenvalue weighted by Crippen LogP contribution is 2.30. The predicted octanol–water partition coefficient (Wildman–Crippen LogP) is 3.54. The van der Waals surface area contributed by atoms with Gasteiger partial charge in [0.05, 0.1) is 17.1 Å². The highest BCUT2D eigenvalue weighted by Gasteiger charge is 2.15. The number of hydrogen-bond donors (Lipinski definition) is 0. The zero-order valence-electron chi connectivity index (χ0n) is 10.7. The molecule has 0 aliphatic rings. The monoisotopic (exact) mass is 271 g/mol. The van der Waals surface area contributed by atoms with Gasteiger partial charge in [-0.05, 0) is 26.0 Å². The van der Waals surface area contributed by atoms with Crippen molar-refractivity contribution in [1.29, 1.82) is 0 Å². The number of thiazole rings is 1. The molecule has 3 aromatic rings. The second-order valence-corrected chi connectivity index (χ2v) is 5.26. The van der Waals surface area contributed by atoms with Crippen LogP contribution in [0.25, 0.3) is 21.7 Å². The van der Waals surface area contributed by atoms with Crippen LogP contribution >= 0.6 is 11.3 Å². The van der Waals surface area contributed by atoms with Crippen molar-refractivity contribution in [2.24, 2.45) is 0 Å². The van der Waals surface area contributed by atoms with Gasteiger partial charge in [0.1, 0.15) is 5.01 Å². The topological polar surface area (TPSA) is 47.9 Å². The summed E-state index contributed by atoms with van der Waals surface area (Å²) in [5, 5.41) is 2.75. The first kappa shape index (κ1) is 12.0. The lowest BCUT2D eigenvalue weighted by molar-refractivity contribution is 0.234. The van der Waals surface area contributed by atoms with E-state index < -0.39 is 0 Å². The van der Waals surface area contributed by atoms with Gasteiger partial charge < -0.3 is 4.74 Å². The molecule has 0 fully saturated rings. The first-order valence-electron chi connectivity index (χ1n) is 6.07. The Hall–Kier alpha value is -2.01. The summed E-state index contributed by atoms with van der Waals surface area (Å²) in [4.78, 5) is 13.5. The molecule has 0 radical (unpaired) electrons. The zero-order chi connectivity index (χ0) is 13.2. The Balaban J connectivity index is 2.21. The molecule has 0 amide bonds. The Morgan fingerprint density at radius 1 is 1.11 bits per heavy atom. The van der Waals surface area contributed by atoms with Crippen molar-refractivity contribution in [2.75, 3.05) is 0 Å². The number of ether oxygens (including phenoxy) is 1. The summed E-state index contributed by atoms with van der Waals surface area (Å²) in [5.74, 6) is 0.545.